The lowest BCUT2D eigenvalue weighted by Crippen LogP contribution is -2.38. The second-order valence-electron chi connectivity index (χ2n) is 13.9. The maximum atomic E-state index is 13.3. The second kappa shape index (κ2) is 15.6. The Morgan fingerprint density at radius 2 is 1.33 bits per heavy atom. The molecule has 52 heavy (non-hydrogen) atoms. The molecule has 2 heterocycles. The molecule has 9 nitrogen and oxygen atoms in total. The Bertz CT molecular complexity index is 2090. The van der Waals surface area contributed by atoms with Gasteiger partial charge in [-0.2, -0.15) is 0 Å². The number of carbonyl (C=O) groups is 2. The first-order valence-electron chi connectivity index (χ1n) is 18.0. The molecule has 1 fully saturated rings. The number of benzene rings is 4. The third-order valence-corrected chi connectivity index (χ3v) is 10.1. The number of imidazole rings is 2. The van der Waals surface area contributed by atoms with Gasteiger partial charge >= 0.3 is 0 Å². The first-order valence-corrected chi connectivity index (χ1v) is 18.0. The van der Waals surface area contributed by atoms with E-state index in [2.05, 4.69) is 74.1 Å². The van der Waals surface area contributed by atoms with Crippen molar-refractivity contribution in [1.29, 1.82) is 0 Å². The van der Waals surface area contributed by atoms with Gasteiger partial charge in [-0.25, -0.2) is 9.97 Å². The van der Waals surface area contributed by atoms with Crippen LogP contribution in [0.2, 0.25) is 0 Å². The van der Waals surface area contributed by atoms with Crippen LogP contribution in [0.5, 0.6) is 0 Å². The number of nitrogens with one attached hydrogen (secondary N) is 4. The van der Waals surface area contributed by atoms with Gasteiger partial charge in [0.1, 0.15) is 17.7 Å². The fourth-order valence-electron chi connectivity index (χ4n) is 7.26. The fourth-order valence-corrected chi connectivity index (χ4v) is 7.26. The molecule has 0 bridgehead atoms. The summed E-state index contributed by atoms with van der Waals surface area (Å²) in [6.07, 6.45) is 6.54. The highest BCUT2D eigenvalue weighted by atomic mass is 16.2. The molecule has 0 saturated heterocycles. The zero-order valence-corrected chi connectivity index (χ0v) is 29.8. The van der Waals surface area contributed by atoms with Crippen molar-refractivity contribution < 1.29 is 9.59 Å². The van der Waals surface area contributed by atoms with Gasteiger partial charge in [-0.3, -0.25) is 14.5 Å². The third kappa shape index (κ3) is 7.75. The minimum absolute atomic E-state index is 0.0772. The van der Waals surface area contributed by atoms with Crippen LogP contribution >= 0.6 is 0 Å². The number of aromatic amines is 2. The number of likely N-dealkylation sites (N-methyl/N-ethyl adjacent to an activating group) is 1. The first kappa shape index (κ1) is 34.6. The molecular formula is C43H45N7O2. The smallest absolute Gasteiger partial charge is 0.242 e. The lowest BCUT2D eigenvalue weighted by molar-refractivity contribution is -0.127. The molecule has 6 aromatic rings. The van der Waals surface area contributed by atoms with Crippen LogP contribution in [0, 0.1) is 5.92 Å². The molecule has 9 heteroatoms. The number of amides is 2. The van der Waals surface area contributed by atoms with Gasteiger partial charge in [0.2, 0.25) is 11.8 Å². The summed E-state index contributed by atoms with van der Waals surface area (Å²) in [6, 6.07) is 35.9. The monoisotopic (exact) mass is 691 g/mol. The van der Waals surface area contributed by atoms with E-state index in [9.17, 15) is 9.59 Å². The number of aromatic nitrogens is 4. The van der Waals surface area contributed by atoms with E-state index in [1.165, 1.54) is 0 Å². The molecule has 4 atom stereocenters. The Balaban J connectivity index is 0.965. The highest BCUT2D eigenvalue weighted by molar-refractivity contribution is 5.83. The predicted molar refractivity (Wildman–Crippen MR) is 205 cm³/mol. The average molecular weight is 692 g/mol. The largest absolute Gasteiger partial charge is 0.352 e. The van der Waals surface area contributed by atoms with Crippen LogP contribution in [0.3, 0.4) is 0 Å². The van der Waals surface area contributed by atoms with E-state index in [0.29, 0.717) is 12.4 Å². The Kier molecular flexibility index (Phi) is 10.4. The first-order chi connectivity index (χ1) is 25.3. The van der Waals surface area contributed by atoms with Crippen molar-refractivity contribution in [2.24, 2.45) is 5.92 Å². The van der Waals surface area contributed by atoms with Gasteiger partial charge in [0, 0.05) is 18.4 Å². The summed E-state index contributed by atoms with van der Waals surface area (Å²) in [7, 11) is 3.81. The molecule has 0 radical (unpaired) electrons. The van der Waals surface area contributed by atoms with E-state index in [1.54, 1.807) is 0 Å². The highest BCUT2D eigenvalue weighted by Crippen LogP contribution is 2.39. The summed E-state index contributed by atoms with van der Waals surface area (Å²) < 4.78 is 0. The van der Waals surface area contributed by atoms with Gasteiger partial charge in [0.25, 0.3) is 0 Å². The SMILES string of the molecule is C[C@H](NC(=O)[C@@H](c1ccccc1)N(C)C)c1ncc(-c2ccc(-c3ccc(-c4cnc(C5CCC[C@H]5C(=O)NCc5ccccc5)[nH]4)cc3)cc2)[nH]1. The van der Waals surface area contributed by atoms with Crippen LogP contribution in [0.1, 0.15) is 67.0 Å². The maximum Gasteiger partial charge on any atom is 0.242 e. The molecular weight excluding hydrogens is 647 g/mol. The lowest BCUT2D eigenvalue weighted by Gasteiger charge is -2.25. The van der Waals surface area contributed by atoms with Crippen molar-refractivity contribution in [3.05, 3.63) is 144 Å². The minimum Gasteiger partial charge on any atom is -0.352 e. The Morgan fingerprint density at radius 3 is 1.96 bits per heavy atom. The number of hydrogen-bond acceptors (Lipinski definition) is 5. The molecule has 1 aliphatic rings. The Labute approximate surface area is 304 Å². The van der Waals surface area contributed by atoms with E-state index in [0.717, 1.165) is 69.9 Å². The summed E-state index contributed by atoms with van der Waals surface area (Å²) in [5.74, 6) is 1.62. The summed E-state index contributed by atoms with van der Waals surface area (Å²) in [5.41, 5.74) is 8.15. The topological polar surface area (TPSA) is 119 Å². The molecule has 2 amide bonds. The van der Waals surface area contributed by atoms with Crippen molar-refractivity contribution in [2.45, 2.75) is 50.7 Å². The highest BCUT2D eigenvalue weighted by Gasteiger charge is 2.35. The van der Waals surface area contributed by atoms with Crippen molar-refractivity contribution in [3.63, 3.8) is 0 Å². The number of H-pyrrole nitrogens is 2. The molecule has 4 N–H and O–H groups in total. The Morgan fingerprint density at radius 1 is 0.750 bits per heavy atom. The molecule has 4 aromatic carbocycles. The van der Waals surface area contributed by atoms with Gasteiger partial charge in [-0.05, 0) is 67.2 Å². The van der Waals surface area contributed by atoms with Gasteiger partial charge in [0.05, 0.1) is 29.8 Å². The predicted octanol–water partition coefficient (Wildman–Crippen LogP) is 7.81. The number of nitrogens with zero attached hydrogens (tertiary/aromatic N) is 3. The molecule has 0 spiro atoms. The van der Waals surface area contributed by atoms with Gasteiger partial charge < -0.3 is 20.6 Å². The van der Waals surface area contributed by atoms with E-state index in [4.69, 9.17) is 4.98 Å². The lowest BCUT2D eigenvalue weighted by atomic mass is 9.94. The van der Waals surface area contributed by atoms with Gasteiger partial charge in [0.15, 0.2) is 0 Å². The molecule has 1 saturated carbocycles. The zero-order chi connectivity index (χ0) is 36.0. The van der Waals surface area contributed by atoms with Crippen LogP contribution in [0.15, 0.2) is 122 Å². The molecule has 1 unspecified atom stereocenters. The average Bonchev–Trinajstić information content (AvgIpc) is 3.97. The third-order valence-electron chi connectivity index (χ3n) is 10.1. The Hall–Kier alpha value is -5.80. The minimum atomic E-state index is -0.397. The summed E-state index contributed by atoms with van der Waals surface area (Å²) in [5, 5.41) is 6.26. The van der Waals surface area contributed by atoms with Crippen LogP contribution in [0.25, 0.3) is 33.6 Å². The van der Waals surface area contributed by atoms with Crippen molar-refractivity contribution in [1.82, 2.24) is 35.5 Å². The molecule has 0 aliphatic heterocycles. The molecule has 7 rings (SSSR count). The van der Waals surface area contributed by atoms with Crippen LogP contribution in [0.4, 0.5) is 0 Å². The van der Waals surface area contributed by atoms with Crippen LogP contribution in [-0.4, -0.2) is 50.7 Å². The molecule has 2 aromatic heterocycles. The van der Waals surface area contributed by atoms with Crippen LogP contribution < -0.4 is 10.6 Å². The van der Waals surface area contributed by atoms with E-state index in [1.807, 2.05) is 99.0 Å². The standard InChI is InChI=1S/C43H45N7O2/c1-28(47-43(52)39(50(2)3)34-13-8-5-9-14-34)40-44-26-37(48-40)32-21-17-30(18-22-32)31-19-23-33(24-20-31)38-27-45-41(49-38)35-15-10-16-36(35)42(51)46-25-29-11-6-4-7-12-29/h4-9,11-14,17-24,26-28,35-36,39H,10,15-16,25H2,1-3H3,(H,44,48)(H,45,49)(H,46,51)(H,47,52)/t28-,35?,36+,39+/m0/s1. The summed E-state index contributed by atoms with van der Waals surface area (Å²) in [4.78, 5) is 44.5. The number of carbonyl (C=O) groups excluding carboxylic acids is 2. The number of rotatable bonds is 12. The zero-order valence-electron chi connectivity index (χ0n) is 29.8. The van der Waals surface area contributed by atoms with Crippen molar-refractivity contribution >= 4 is 11.8 Å². The quantitative estimate of drug-likeness (QED) is 0.104. The van der Waals surface area contributed by atoms with Crippen molar-refractivity contribution in [3.8, 4) is 33.6 Å². The van der Waals surface area contributed by atoms with Gasteiger partial charge in [-0.15, -0.1) is 0 Å². The second-order valence-corrected chi connectivity index (χ2v) is 13.9. The fraction of sp³-hybridized carbons (Fsp3) is 0.256. The molecule has 264 valence electrons. The number of hydrogen-bond donors (Lipinski definition) is 4. The van der Waals surface area contributed by atoms with E-state index >= 15 is 0 Å². The summed E-state index contributed by atoms with van der Waals surface area (Å²) in [6.45, 7) is 2.48. The summed E-state index contributed by atoms with van der Waals surface area (Å²) >= 11 is 0. The normalized spacial score (nSPS) is 16.8. The van der Waals surface area contributed by atoms with E-state index in [-0.39, 0.29) is 29.7 Å². The van der Waals surface area contributed by atoms with E-state index < -0.39 is 6.04 Å². The van der Waals surface area contributed by atoms with Crippen molar-refractivity contribution in [2.75, 3.05) is 14.1 Å². The molecule has 1 aliphatic carbocycles. The maximum absolute atomic E-state index is 13.3. The van der Waals surface area contributed by atoms with Gasteiger partial charge in [-0.1, -0.05) is 116 Å². The van der Waals surface area contributed by atoms with Crippen LogP contribution in [-0.2, 0) is 16.1 Å².